The Labute approximate surface area is 187 Å². The number of rotatable bonds is 3. The van der Waals surface area contributed by atoms with Gasteiger partial charge >= 0.3 is 0 Å². The lowest BCUT2D eigenvalue weighted by molar-refractivity contribution is 0.0673. The van der Waals surface area contributed by atoms with Crippen LogP contribution in [0.2, 0.25) is 0 Å². The Morgan fingerprint density at radius 1 is 1.12 bits per heavy atom. The van der Waals surface area contributed by atoms with Gasteiger partial charge in [0.05, 0.1) is 34.9 Å². The zero-order chi connectivity index (χ0) is 23.3. The summed E-state index contributed by atoms with van der Waals surface area (Å²) in [4.78, 5) is 19.2. The predicted octanol–water partition coefficient (Wildman–Crippen LogP) is 3.84. The van der Waals surface area contributed by atoms with Gasteiger partial charge in [0.1, 0.15) is 0 Å². The number of halogens is 3. The average Bonchev–Trinajstić information content (AvgIpc) is 3.45. The molecule has 0 radical (unpaired) electrons. The third-order valence-corrected chi connectivity index (χ3v) is 5.90. The number of carbonyl (C=O) groups excluding carboxylic acids is 1. The summed E-state index contributed by atoms with van der Waals surface area (Å²) in [5, 5.41) is 8.69. The molecule has 1 amide bonds. The smallest absolute Gasteiger partial charge is 0.256 e. The summed E-state index contributed by atoms with van der Waals surface area (Å²) in [6.07, 6.45) is 6.96. The number of aryl methyl sites for hydroxylation is 1. The van der Waals surface area contributed by atoms with Crippen molar-refractivity contribution in [1.82, 2.24) is 29.4 Å². The van der Waals surface area contributed by atoms with E-state index in [1.807, 2.05) is 6.92 Å². The lowest BCUT2D eigenvalue weighted by Crippen LogP contribution is -2.39. The molecule has 1 aliphatic rings. The summed E-state index contributed by atoms with van der Waals surface area (Å²) in [5.74, 6) is -4.23. The maximum atomic E-state index is 13.9. The van der Waals surface area contributed by atoms with Crippen LogP contribution in [0.5, 0.6) is 0 Å². The molecule has 0 saturated carbocycles. The molecule has 0 saturated heterocycles. The van der Waals surface area contributed by atoms with Crippen LogP contribution in [0.25, 0.3) is 16.9 Å². The third-order valence-electron chi connectivity index (χ3n) is 5.90. The number of carbonyl (C=O) groups is 1. The van der Waals surface area contributed by atoms with E-state index in [1.54, 1.807) is 47.4 Å². The molecule has 10 heteroatoms. The average molecular weight is 452 g/mol. The minimum absolute atomic E-state index is 0.200. The molecule has 0 aliphatic carbocycles. The van der Waals surface area contributed by atoms with Gasteiger partial charge in [-0.2, -0.15) is 10.2 Å². The Kier molecular flexibility index (Phi) is 4.99. The molecule has 1 aromatic carbocycles. The number of amides is 1. The number of fused-ring (bicyclic) bond motifs is 1. The lowest BCUT2D eigenvalue weighted by atomic mass is 9.95. The molecule has 3 aromatic heterocycles. The van der Waals surface area contributed by atoms with E-state index in [-0.39, 0.29) is 17.5 Å². The van der Waals surface area contributed by atoms with E-state index < -0.39 is 17.5 Å². The van der Waals surface area contributed by atoms with Gasteiger partial charge in [0, 0.05) is 43.3 Å². The zero-order valence-corrected chi connectivity index (χ0v) is 17.8. The van der Waals surface area contributed by atoms with Crippen molar-refractivity contribution in [2.75, 3.05) is 6.54 Å². The first-order valence-corrected chi connectivity index (χ1v) is 10.3. The second-order valence-electron chi connectivity index (χ2n) is 7.90. The highest BCUT2D eigenvalue weighted by Gasteiger charge is 2.34. The number of pyridine rings is 1. The fraction of sp³-hybridized carbons (Fsp3) is 0.217. The Balaban J connectivity index is 1.48. The van der Waals surface area contributed by atoms with Gasteiger partial charge in [-0.3, -0.25) is 14.5 Å². The standard InChI is InChI=1S/C23H19F3N6O/c1-13-21-17(22(30(2)29-21)14-9-18(24)20(26)19(25)10-14)4-7-31(13)23(33)15-8-16(12-27-11-15)32-6-3-5-28-32/h3,5-6,8-13H,4,7H2,1-2H3/t13-/m0/s1. The summed E-state index contributed by atoms with van der Waals surface area (Å²) in [5.41, 5.74) is 3.19. The molecule has 168 valence electrons. The maximum Gasteiger partial charge on any atom is 0.256 e. The summed E-state index contributed by atoms with van der Waals surface area (Å²) < 4.78 is 44.3. The van der Waals surface area contributed by atoms with E-state index in [9.17, 15) is 18.0 Å². The van der Waals surface area contributed by atoms with Crippen LogP contribution in [0.4, 0.5) is 13.2 Å². The fourth-order valence-corrected chi connectivity index (χ4v) is 4.33. The Morgan fingerprint density at radius 2 is 1.88 bits per heavy atom. The van der Waals surface area contributed by atoms with Gasteiger partial charge in [0.2, 0.25) is 0 Å². The van der Waals surface area contributed by atoms with E-state index in [2.05, 4.69) is 15.2 Å². The van der Waals surface area contributed by atoms with Gasteiger partial charge in [0.15, 0.2) is 17.5 Å². The molecule has 33 heavy (non-hydrogen) atoms. The van der Waals surface area contributed by atoms with E-state index in [0.717, 1.165) is 17.7 Å². The van der Waals surface area contributed by atoms with Crippen LogP contribution in [0.1, 0.15) is 34.6 Å². The fourth-order valence-electron chi connectivity index (χ4n) is 4.33. The molecule has 0 N–H and O–H groups in total. The number of hydrogen-bond acceptors (Lipinski definition) is 4. The Hall–Kier alpha value is -3.95. The molecule has 0 unspecified atom stereocenters. The Bertz CT molecular complexity index is 1340. The molecular weight excluding hydrogens is 433 g/mol. The van der Waals surface area contributed by atoms with Gasteiger partial charge in [-0.05, 0) is 37.6 Å². The van der Waals surface area contributed by atoms with E-state index in [1.165, 1.54) is 10.9 Å². The molecule has 5 rings (SSSR count). The maximum absolute atomic E-state index is 13.9. The monoisotopic (exact) mass is 452 g/mol. The number of hydrogen-bond donors (Lipinski definition) is 0. The first-order valence-electron chi connectivity index (χ1n) is 10.3. The van der Waals surface area contributed by atoms with Crippen LogP contribution >= 0.6 is 0 Å². The second kappa shape index (κ2) is 7.88. The van der Waals surface area contributed by atoms with Crippen molar-refractivity contribution >= 4 is 5.91 Å². The van der Waals surface area contributed by atoms with Crippen LogP contribution in [0, 0.1) is 17.5 Å². The van der Waals surface area contributed by atoms with Crippen molar-refractivity contribution in [3.8, 4) is 16.9 Å². The van der Waals surface area contributed by atoms with Crippen molar-refractivity contribution in [3.05, 3.63) is 83.3 Å². The third kappa shape index (κ3) is 3.47. The number of nitrogens with zero attached hydrogens (tertiary/aromatic N) is 6. The van der Waals surface area contributed by atoms with Crippen molar-refractivity contribution in [3.63, 3.8) is 0 Å². The van der Waals surface area contributed by atoms with Gasteiger partial charge < -0.3 is 4.90 Å². The highest BCUT2D eigenvalue weighted by Crippen LogP contribution is 2.36. The van der Waals surface area contributed by atoms with E-state index in [0.29, 0.717) is 35.6 Å². The van der Waals surface area contributed by atoms with Gasteiger partial charge in [-0.25, -0.2) is 17.9 Å². The summed E-state index contributed by atoms with van der Waals surface area (Å²) in [7, 11) is 1.66. The van der Waals surface area contributed by atoms with Gasteiger partial charge in [0.25, 0.3) is 5.91 Å². The molecule has 1 aliphatic heterocycles. The highest BCUT2D eigenvalue weighted by molar-refractivity contribution is 5.95. The van der Waals surface area contributed by atoms with Crippen LogP contribution in [0.15, 0.2) is 49.1 Å². The molecular formula is C23H19F3N6O. The normalized spacial score (nSPS) is 15.5. The molecule has 4 aromatic rings. The van der Waals surface area contributed by atoms with E-state index in [4.69, 9.17) is 0 Å². The summed E-state index contributed by atoms with van der Waals surface area (Å²) in [6, 6.07) is 5.04. The minimum atomic E-state index is -1.51. The van der Waals surface area contributed by atoms with E-state index >= 15 is 0 Å². The molecule has 0 fully saturated rings. The molecule has 0 bridgehead atoms. The predicted molar refractivity (Wildman–Crippen MR) is 113 cm³/mol. The molecule has 1 atom stereocenters. The second-order valence-corrected chi connectivity index (χ2v) is 7.90. The lowest BCUT2D eigenvalue weighted by Gasteiger charge is -2.33. The van der Waals surface area contributed by atoms with Crippen molar-refractivity contribution < 1.29 is 18.0 Å². The molecule has 7 nitrogen and oxygen atoms in total. The van der Waals surface area contributed by atoms with Gasteiger partial charge in [-0.1, -0.05) is 0 Å². The van der Waals surface area contributed by atoms with Crippen LogP contribution in [0.3, 0.4) is 0 Å². The summed E-state index contributed by atoms with van der Waals surface area (Å²) in [6.45, 7) is 2.23. The minimum Gasteiger partial charge on any atom is -0.330 e. The first kappa shape index (κ1) is 20.9. The number of benzene rings is 1. The number of aromatic nitrogens is 5. The largest absolute Gasteiger partial charge is 0.330 e. The zero-order valence-electron chi connectivity index (χ0n) is 17.8. The highest BCUT2D eigenvalue weighted by atomic mass is 19.2. The first-order chi connectivity index (χ1) is 15.8. The van der Waals surface area contributed by atoms with Crippen LogP contribution in [-0.4, -0.2) is 41.9 Å². The van der Waals surface area contributed by atoms with Gasteiger partial charge in [-0.15, -0.1) is 0 Å². The topological polar surface area (TPSA) is 68.8 Å². The molecule has 0 spiro atoms. The summed E-state index contributed by atoms with van der Waals surface area (Å²) >= 11 is 0. The molecule has 4 heterocycles. The SMILES string of the molecule is C[C@H]1c2nn(C)c(-c3cc(F)c(F)c(F)c3)c2CCN1C(=O)c1cncc(-n2cccn2)c1. The quantitative estimate of drug-likeness (QED) is 0.443. The van der Waals surface area contributed by atoms with Crippen LogP contribution in [-0.2, 0) is 13.5 Å². The van der Waals surface area contributed by atoms with Crippen molar-refractivity contribution in [1.29, 1.82) is 0 Å². The van der Waals surface area contributed by atoms with Crippen LogP contribution < -0.4 is 0 Å². The van der Waals surface area contributed by atoms with Crippen molar-refractivity contribution in [2.45, 2.75) is 19.4 Å². The van der Waals surface area contributed by atoms with Crippen molar-refractivity contribution in [2.24, 2.45) is 7.05 Å². The Morgan fingerprint density at radius 3 is 2.58 bits per heavy atom.